The summed E-state index contributed by atoms with van der Waals surface area (Å²) in [7, 11) is 1.62. The van der Waals surface area contributed by atoms with Crippen LogP contribution in [0.3, 0.4) is 0 Å². The van der Waals surface area contributed by atoms with Gasteiger partial charge in [-0.2, -0.15) is 0 Å². The summed E-state index contributed by atoms with van der Waals surface area (Å²) in [5.41, 5.74) is 1.18. The summed E-state index contributed by atoms with van der Waals surface area (Å²) >= 11 is 0. The lowest BCUT2D eigenvalue weighted by Gasteiger charge is -2.21. The minimum Gasteiger partial charge on any atom is -0.326 e. The Kier molecular flexibility index (Phi) is 7.12. The van der Waals surface area contributed by atoms with Crippen molar-refractivity contribution in [2.45, 2.75) is 41.0 Å². The zero-order valence-electron chi connectivity index (χ0n) is 15.1. The molecule has 0 saturated carbocycles. The molecule has 23 heavy (non-hydrogen) atoms. The minimum atomic E-state index is -0.431. The Bertz CT molecular complexity index is 577. The molecular weight excluding hydrogens is 288 g/mol. The molecule has 0 aliphatic carbocycles. The lowest BCUT2D eigenvalue weighted by atomic mass is 9.95. The van der Waals surface area contributed by atoms with Gasteiger partial charge in [-0.05, 0) is 24.1 Å². The molecule has 0 heterocycles. The van der Waals surface area contributed by atoms with Gasteiger partial charge in [0.15, 0.2) is 0 Å². The van der Waals surface area contributed by atoms with Crippen molar-refractivity contribution in [2.75, 3.05) is 24.0 Å². The number of hydrogen-bond donors (Lipinski definition) is 1. The summed E-state index contributed by atoms with van der Waals surface area (Å²) in [5, 5.41) is 4.63. The van der Waals surface area contributed by atoms with Crippen LogP contribution in [0.4, 0.5) is 11.4 Å². The molecular formula is C19H28N2O2. The Morgan fingerprint density at radius 1 is 1.30 bits per heavy atom. The lowest BCUT2D eigenvalue weighted by Crippen LogP contribution is -2.28. The molecule has 0 aromatic heterocycles. The first-order chi connectivity index (χ1) is 10.7. The van der Waals surface area contributed by atoms with E-state index < -0.39 is 5.41 Å². The highest BCUT2D eigenvalue weighted by Gasteiger charge is 2.21. The van der Waals surface area contributed by atoms with Crippen molar-refractivity contribution in [1.82, 2.24) is 0 Å². The zero-order valence-corrected chi connectivity index (χ0v) is 15.1. The third-order valence-electron chi connectivity index (χ3n) is 3.15. The quantitative estimate of drug-likeness (QED) is 0.657. The van der Waals surface area contributed by atoms with Crippen molar-refractivity contribution in [1.29, 1.82) is 0 Å². The van der Waals surface area contributed by atoms with Gasteiger partial charge in [0.2, 0.25) is 5.91 Å². The van der Waals surface area contributed by atoms with Crippen molar-refractivity contribution in [3.8, 4) is 11.8 Å². The maximum atomic E-state index is 12.1. The fraction of sp³-hybridized carbons (Fsp3) is 0.526. The highest BCUT2D eigenvalue weighted by molar-refractivity contribution is 5.94. The maximum absolute atomic E-state index is 12.1. The van der Waals surface area contributed by atoms with E-state index >= 15 is 0 Å². The second-order valence-electron chi connectivity index (χ2n) is 6.93. The molecule has 4 heteroatoms. The molecule has 0 saturated heterocycles. The van der Waals surface area contributed by atoms with E-state index in [0.29, 0.717) is 12.5 Å². The number of hydroxylamine groups is 1. The van der Waals surface area contributed by atoms with E-state index in [2.05, 4.69) is 31.0 Å². The van der Waals surface area contributed by atoms with Crippen LogP contribution >= 0.6 is 0 Å². The summed E-state index contributed by atoms with van der Waals surface area (Å²) in [6.07, 6.45) is 0.874. The molecule has 0 spiro atoms. The number of rotatable bonds is 5. The van der Waals surface area contributed by atoms with Gasteiger partial charge in [-0.15, -0.1) is 5.92 Å². The van der Waals surface area contributed by atoms with Gasteiger partial charge in [-0.1, -0.05) is 46.6 Å². The molecule has 0 atom stereocenters. The van der Waals surface area contributed by atoms with Crippen molar-refractivity contribution < 1.29 is 9.63 Å². The topological polar surface area (TPSA) is 41.6 Å². The number of nitrogens with zero attached hydrogens (tertiary/aromatic N) is 1. The van der Waals surface area contributed by atoms with Gasteiger partial charge in [0.25, 0.3) is 0 Å². The van der Waals surface area contributed by atoms with Gasteiger partial charge in [-0.3, -0.25) is 9.63 Å². The van der Waals surface area contributed by atoms with Crippen molar-refractivity contribution in [3.63, 3.8) is 0 Å². The van der Waals surface area contributed by atoms with E-state index in [4.69, 9.17) is 4.84 Å². The third kappa shape index (κ3) is 6.75. The van der Waals surface area contributed by atoms with Crippen LogP contribution in [0.1, 0.15) is 41.0 Å². The lowest BCUT2D eigenvalue weighted by molar-refractivity contribution is -0.123. The number of nitrogens with one attached hydrogen (secondary N) is 1. The normalized spacial score (nSPS) is 10.9. The van der Waals surface area contributed by atoms with Crippen LogP contribution in [0.5, 0.6) is 0 Å². The summed E-state index contributed by atoms with van der Waals surface area (Å²) in [4.78, 5) is 17.5. The van der Waals surface area contributed by atoms with Gasteiger partial charge in [-0.25, -0.2) is 5.06 Å². The highest BCUT2D eigenvalue weighted by atomic mass is 16.7. The first-order valence-corrected chi connectivity index (χ1v) is 7.93. The molecule has 0 bridgehead atoms. The predicted octanol–water partition coefficient (Wildman–Crippen LogP) is 4.09. The van der Waals surface area contributed by atoms with Crippen LogP contribution in [-0.2, 0) is 9.63 Å². The maximum Gasteiger partial charge on any atom is 0.229 e. The molecule has 1 aromatic carbocycles. The average molecular weight is 316 g/mol. The molecule has 1 N–H and O–H groups in total. The summed E-state index contributed by atoms with van der Waals surface area (Å²) < 4.78 is 0. The molecule has 0 radical (unpaired) electrons. The number of carbonyl (C=O) groups excluding carboxylic acids is 1. The standard InChI is InChI=1S/C19H28N2O2/c1-15(2)10-7-8-13-21(23-6)17-12-9-11-16(14-17)20-18(22)19(3,4)5/h9,11-12,14-15H,10,13H2,1-6H3,(H,20,22). The van der Waals surface area contributed by atoms with Crippen molar-refractivity contribution in [2.24, 2.45) is 11.3 Å². The number of benzene rings is 1. The average Bonchev–Trinajstić information content (AvgIpc) is 2.46. The first kappa shape index (κ1) is 19.1. The predicted molar refractivity (Wildman–Crippen MR) is 96.1 cm³/mol. The van der Waals surface area contributed by atoms with Crippen LogP contribution < -0.4 is 10.4 Å². The van der Waals surface area contributed by atoms with Gasteiger partial charge >= 0.3 is 0 Å². The second kappa shape index (κ2) is 8.59. The molecule has 1 aromatic rings. The third-order valence-corrected chi connectivity index (χ3v) is 3.15. The van der Waals surface area contributed by atoms with Gasteiger partial charge in [0, 0.05) is 17.5 Å². The monoisotopic (exact) mass is 316 g/mol. The number of carbonyl (C=O) groups is 1. The molecule has 126 valence electrons. The SMILES string of the molecule is CON(CC#CCC(C)C)c1cccc(NC(=O)C(C)(C)C)c1. The van der Waals surface area contributed by atoms with E-state index in [1.807, 2.05) is 45.0 Å². The van der Waals surface area contributed by atoms with Crippen LogP contribution in [0.15, 0.2) is 24.3 Å². The van der Waals surface area contributed by atoms with E-state index in [9.17, 15) is 4.79 Å². The van der Waals surface area contributed by atoms with Crippen molar-refractivity contribution >= 4 is 17.3 Å². The number of hydrogen-bond acceptors (Lipinski definition) is 3. The molecule has 4 nitrogen and oxygen atoms in total. The highest BCUT2D eigenvalue weighted by Crippen LogP contribution is 2.22. The molecule has 0 unspecified atom stereocenters. The Hall–Kier alpha value is -1.99. The molecule has 0 aliphatic heterocycles. The smallest absolute Gasteiger partial charge is 0.229 e. The van der Waals surface area contributed by atoms with E-state index in [-0.39, 0.29) is 5.91 Å². The second-order valence-corrected chi connectivity index (χ2v) is 6.93. The van der Waals surface area contributed by atoms with Crippen LogP contribution in [0.25, 0.3) is 0 Å². The molecule has 1 rings (SSSR count). The number of anilines is 2. The van der Waals surface area contributed by atoms with Gasteiger partial charge in [0.05, 0.1) is 12.8 Å². The van der Waals surface area contributed by atoms with Gasteiger partial charge in [0.1, 0.15) is 6.54 Å². The summed E-state index contributed by atoms with van der Waals surface area (Å²) in [5.74, 6) is 6.81. The van der Waals surface area contributed by atoms with Crippen molar-refractivity contribution in [3.05, 3.63) is 24.3 Å². The van der Waals surface area contributed by atoms with Crippen LogP contribution in [-0.4, -0.2) is 19.6 Å². The largest absolute Gasteiger partial charge is 0.326 e. The zero-order chi connectivity index (χ0) is 17.5. The molecule has 1 amide bonds. The Labute approximate surface area is 140 Å². The Balaban J connectivity index is 2.80. The summed E-state index contributed by atoms with van der Waals surface area (Å²) in [6.45, 7) is 10.4. The number of amides is 1. The van der Waals surface area contributed by atoms with E-state index in [0.717, 1.165) is 17.8 Å². The van der Waals surface area contributed by atoms with E-state index in [1.54, 1.807) is 12.2 Å². The fourth-order valence-corrected chi connectivity index (χ4v) is 1.72. The first-order valence-electron chi connectivity index (χ1n) is 7.93. The Morgan fingerprint density at radius 2 is 2.00 bits per heavy atom. The van der Waals surface area contributed by atoms with E-state index in [1.165, 1.54) is 0 Å². The van der Waals surface area contributed by atoms with Gasteiger partial charge < -0.3 is 5.32 Å². The van der Waals surface area contributed by atoms with Crippen LogP contribution in [0, 0.1) is 23.2 Å². The minimum absolute atomic E-state index is 0.0182. The molecule has 0 aliphatic rings. The fourth-order valence-electron chi connectivity index (χ4n) is 1.72. The summed E-state index contributed by atoms with van der Waals surface area (Å²) in [6, 6.07) is 7.57. The van der Waals surface area contributed by atoms with Crippen LogP contribution in [0.2, 0.25) is 0 Å². The Morgan fingerprint density at radius 3 is 2.57 bits per heavy atom. The molecule has 0 fully saturated rings.